The number of rotatable bonds is 10. The third-order valence-electron chi connectivity index (χ3n) is 4.12. The van der Waals surface area contributed by atoms with Gasteiger partial charge < -0.3 is 15.4 Å². The van der Waals surface area contributed by atoms with Crippen molar-refractivity contribution in [2.75, 3.05) is 18.5 Å². The molecule has 0 saturated heterocycles. The normalized spacial score (nSPS) is 10.3. The first-order valence-electron chi connectivity index (χ1n) is 9.52. The predicted octanol–water partition coefficient (Wildman–Crippen LogP) is 4.19. The Morgan fingerprint density at radius 1 is 1.04 bits per heavy atom. The average Bonchev–Trinajstić information content (AvgIpc) is 2.69. The van der Waals surface area contributed by atoms with Crippen molar-refractivity contribution in [3.05, 3.63) is 59.7 Å². The summed E-state index contributed by atoms with van der Waals surface area (Å²) in [4.78, 5) is 23.8. The van der Waals surface area contributed by atoms with Gasteiger partial charge >= 0.3 is 0 Å². The fraction of sp³-hybridized carbons (Fsp3) is 0.364. The number of benzene rings is 2. The Bertz CT molecular complexity index is 741. The van der Waals surface area contributed by atoms with Gasteiger partial charge in [0.2, 0.25) is 5.91 Å². The van der Waals surface area contributed by atoms with Gasteiger partial charge in [0.05, 0.1) is 6.61 Å². The molecule has 144 valence electrons. The smallest absolute Gasteiger partial charge is 0.251 e. The molecule has 2 rings (SSSR count). The molecule has 0 aliphatic heterocycles. The zero-order chi connectivity index (χ0) is 19.5. The van der Waals surface area contributed by atoms with Crippen LogP contribution in [0, 0.1) is 0 Å². The fourth-order valence-electron chi connectivity index (χ4n) is 2.50. The molecule has 2 amide bonds. The van der Waals surface area contributed by atoms with E-state index < -0.39 is 0 Å². The lowest BCUT2D eigenvalue weighted by molar-refractivity contribution is -0.115. The number of hydrogen-bond donors (Lipinski definition) is 2. The number of carbonyl (C=O) groups excluding carboxylic acids is 2. The second-order valence-electron chi connectivity index (χ2n) is 6.33. The van der Waals surface area contributed by atoms with Crippen LogP contribution in [-0.4, -0.2) is 25.0 Å². The third-order valence-corrected chi connectivity index (χ3v) is 4.12. The lowest BCUT2D eigenvalue weighted by Gasteiger charge is -2.09. The van der Waals surface area contributed by atoms with E-state index in [9.17, 15) is 9.59 Å². The summed E-state index contributed by atoms with van der Waals surface area (Å²) in [6, 6.07) is 14.9. The molecule has 0 radical (unpaired) electrons. The number of ether oxygens (including phenoxy) is 1. The number of nitrogens with one attached hydrogen (secondary N) is 2. The maximum atomic E-state index is 12.3. The van der Waals surface area contributed by atoms with Crippen molar-refractivity contribution >= 4 is 17.5 Å². The van der Waals surface area contributed by atoms with Crippen molar-refractivity contribution in [1.29, 1.82) is 0 Å². The Hall–Kier alpha value is -2.82. The summed E-state index contributed by atoms with van der Waals surface area (Å²) >= 11 is 0. The van der Waals surface area contributed by atoms with Crippen molar-refractivity contribution in [1.82, 2.24) is 5.32 Å². The molecular formula is C22H28N2O3. The Morgan fingerprint density at radius 3 is 2.52 bits per heavy atom. The van der Waals surface area contributed by atoms with Crippen LogP contribution in [0.15, 0.2) is 48.5 Å². The van der Waals surface area contributed by atoms with Gasteiger partial charge in [-0.25, -0.2) is 0 Å². The zero-order valence-corrected chi connectivity index (χ0v) is 16.1. The van der Waals surface area contributed by atoms with Crippen LogP contribution in [0.1, 0.15) is 49.0 Å². The van der Waals surface area contributed by atoms with Gasteiger partial charge in [-0.2, -0.15) is 0 Å². The second-order valence-corrected chi connectivity index (χ2v) is 6.33. The van der Waals surface area contributed by atoms with Crippen LogP contribution in [0.2, 0.25) is 0 Å². The monoisotopic (exact) mass is 368 g/mol. The van der Waals surface area contributed by atoms with E-state index in [1.54, 1.807) is 31.2 Å². The van der Waals surface area contributed by atoms with Crippen LogP contribution < -0.4 is 15.4 Å². The maximum Gasteiger partial charge on any atom is 0.251 e. The van der Waals surface area contributed by atoms with E-state index in [2.05, 4.69) is 17.6 Å². The van der Waals surface area contributed by atoms with Gasteiger partial charge in [-0.1, -0.05) is 38.5 Å². The van der Waals surface area contributed by atoms with Gasteiger partial charge in [0, 0.05) is 24.2 Å². The first kappa shape index (κ1) is 20.5. The minimum absolute atomic E-state index is 0.0744. The molecule has 0 bridgehead atoms. The van der Waals surface area contributed by atoms with Gasteiger partial charge in [0.1, 0.15) is 5.75 Å². The standard InChI is InChI=1S/C22H28N2O3/c1-3-5-15-27-20-11-9-17(10-12-20)13-14-23-22(26)18-7-6-8-19(16-18)24-21(25)4-2/h6-12,16H,3-5,13-15H2,1-2H3,(H,23,26)(H,24,25). The highest BCUT2D eigenvalue weighted by molar-refractivity contribution is 5.97. The lowest BCUT2D eigenvalue weighted by atomic mass is 10.1. The zero-order valence-electron chi connectivity index (χ0n) is 16.1. The highest BCUT2D eigenvalue weighted by atomic mass is 16.5. The fourth-order valence-corrected chi connectivity index (χ4v) is 2.50. The van der Waals surface area contributed by atoms with E-state index in [0.717, 1.165) is 37.2 Å². The number of hydrogen-bond acceptors (Lipinski definition) is 3. The molecule has 2 aromatic rings. The summed E-state index contributed by atoms with van der Waals surface area (Å²) < 4.78 is 5.65. The van der Waals surface area contributed by atoms with Crippen LogP contribution in [0.3, 0.4) is 0 Å². The van der Waals surface area contributed by atoms with Crippen LogP contribution in [-0.2, 0) is 11.2 Å². The molecule has 2 N–H and O–H groups in total. The van der Waals surface area contributed by atoms with Crippen LogP contribution in [0.25, 0.3) is 0 Å². The largest absolute Gasteiger partial charge is 0.494 e. The van der Waals surface area contributed by atoms with Crippen molar-refractivity contribution < 1.29 is 14.3 Å². The number of anilines is 1. The third kappa shape index (κ3) is 7.13. The summed E-state index contributed by atoms with van der Waals surface area (Å²) in [5.74, 6) is 0.652. The van der Waals surface area contributed by atoms with E-state index in [1.165, 1.54) is 0 Å². The molecule has 0 aliphatic carbocycles. The number of unbranched alkanes of at least 4 members (excludes halogenated alkanes) is 1. The van der Waals surface area contributed by atoms with Gasteiger partial charge in [0.15, 0.2) is 0 Å². The first-order valence-corrected chi connectivity index (χ1v) is 9.52. The molecule has 5 nitrogen and oxygen atoms in total. The molecule has 2 aromatic carbocycles. The SMILES string of the molecule is CCCCOc1ccc(CCNC(=O)c2cccc(NC(=O)CC)c2)cc1. The average molecular weight is 368 g/mol. The molecule has 27 heavy (non-hydrogen) atoms. The molecule has 0 atom stereocenters. The quantitative estimate of drug-likeness (QED) is 0.618. The van der Waals surface area contributed by atoms with E-state index >= 15 is 0 Å². The van der Waals surface area contributed by atoms with E-state index in [1.807, 2.05) is 24.3 Å². The van der Waals surface area contributed by atoms with E-state index in [-0.39, 0.29) is 11.8 Å². The highest BCUT2D eigenvalue weighted by Crippen LogP contribution is 2.13. The summed E-state index contributed by atoms with van der Waals surface area (Å²) in [6.45, 7) is 5.21. The molecule has 0 fully saturated rings. The minimum atomic E-state index is -0.151. The van der Waals surface area contributed by atoms with Crippen LogP contribution in [0.4, 0.5) is 5.69 Å². The van der Waals surface area contributed by atoms with Gasteiger partial charge in [-0.05, 0) is 48.7 Å². The lowest BCUT2D eigenvalue weighted by Crippen LogP contribution is -2.25. The molecule has 5 heteroatoms. The van der Waals surface area contributed by atoms with Crippen molar-refractivity contribution in [2.45, 2.75) is 39.5 Å². The summed E-state index contributed by atoms with van der Waals surface area (Å²) in [5, 5.41) is 5.68. The van der Waals surface area contributed by atoms with Crippen LogP contribution >= 0.6 is 0 Å². The first-order chi connectivity index (χ1) is 13.1. The van der Waals surface area contributed by atoms with Gasteiger partial charge in [-0.15, -0.1) is 0 Å². The summed E-state index contributed by atoms with van der Waals surface area (Å²) in [7, 11) is 0. The van der Waals surface area contributed by atoms with Crippen molar-refractivity contribution in [2.24, 2.45) is 0 Å². The Labute approximate surface area is 161 Å². The second kappa shape index (κ2) is 11.0. The topological polar surface area (TPSA) is 67.4 Å². The molecule has 0 aliphatic rings. The molecule has 0 spiro atoms. The van der Waals surface area contributed by atoms with E-state index in [4.69, 9.17) is 4.74 Å². The maximum absolute atomic E-state index is 12.3. The predicted molar refractivity (Wildman–Crippen MR) is 108 cm³/mol. The summed E-state index contributed by atoms with van der Waals surface area (Å²) in [5.41, 5.74) is 2.30. The molecule has 0 aromatic heterocycles. The minimum Gasteiger partial charge on any atom is -0.494 e. The van der Waals surface area contributed by atoms with Crippen molar-refractivity contribution in [3.8, 4) is 5.75 Å². The number of carbonyl (C=O) groups is 2. The van der Waals surface area contributed by atoms with Gasteiger partial charge in [0.25, 0.3) is 5.91 Å². The van der Waals surface area contributed by atoms with Gasteiger partial charge in [-0.3, -0.25) is 9.59 Å². The van der Waals surface area contributed by atoms with Crippen molar-refractivity contribution in [3.63, 3.8) is 0 Å². The Morgan fingerprint density at radius 2 is 1.81 bits per heavy atom. The Balaban J connectivity index is 1.80. The molecule has 0 heterocycles. The number of amides is 2. The Kier molecular flexibility index (Phi) is 8.36. The molecule has 0 unspecified atom stereocenters. The summed E-state index contributed by atoms with van der Waals surface area (Å²) in [6.07, 6.45) is 3.31. The molecule has 0 saturated carbocycles. The molecular weight excluding hydrogens is 340 g/mol. The highest BCUT2D eigenvalue weighted by Gasteiger charge is 2.07. The van der Waals surface area contributed by atoms with Crippen LogP contribution in [0.5, 0.6) is 5.75 Å². The van der Waals surface area contributed by atoms with E-state index in [0.29, 0.717) is 24.2 Å².